The molecule has 2 saturated carbocycles. The van der Waals surface area contributed by atoms with Crippen LogP contribution in [-0.2, 0) is 0 Å². The van der Waals surface area contributed by atoms with E-state index in [9.17, 15) is 0 Å². The van der Waals surface area contributed by atoms with E-state index in [2.05, 4.69) is 26.1 Å². The second-order valence-corrected chi connectivity index (χ2v) is 7.34. The van der Waals surface area contributed by atoms with Crippen LogP contribution >= 0.6 is 0 Å². The van der Waals surface area contributed by atoms with Gasteiger partial charge in [-0.25, -0.2) is 0 Å². The second-order valence-electron chi connectivity index (χ2n) is 7.34. The first-order valence-corrected chi connectivity index (χ1v) is 8.95. The van der Waals surface area contributed by atoms with E-state index in [1.807, 2.05) is 0 Å². The van der Waals surface area contributed by atoms with Crippen LogP contribution < -0.4 is 5.32 Å². The maximum absolute atomic E-state index is 3.63. The minimum atomic E-state index is 0.973. The lowest BCUT2D eigenvalue weighted by molar-refractivity contribution is 0.0850. The maximum atomic E-state index is 3.63. The van der Waals surface area contributed by atoms with Gasteiger partial charge in [0.2, 0.25) is 0 Å². The summed E-state index contributed by atoms with van der Waals surface area (Å²) in [5.74, 6) is 5.08. The Morgan fingerprint density at radius 2 is 1.68 bits per heavy atom. The largest absolute Gasteiger partial charge is 0.317 e. The van der Waals surface area contributed by atoms with Crippen LogP contribution in [0.3, 0.4) is 0 Å². The van der Waals surface area contributed by atoms with E-state index in [1.54, 1.807) is 0 Å². The van der Waals surface area contributed by atoms with Crippen molar-refractivity contribution in [2.45, 2.75) is 72.1 Å². The van der Waals surface area contributed by atoms with Crippen LogP contribution in [-0.4, -0.2) is 13.1 Å². The monoisotopic (exact) mass is 265 g/mol. The summed E-state index contributed by atoms with van der Waals surface area (Å²) >= 11 is 0. The zero-order chi connectivity index (χ0) is 13.7. The van der Waals surface area contributed by atoms with Crippen molar-refractivity contribution in [3.8, 4) is 0 Å². The first-order valence-electron chi connectivity index (χ1n) is 8.95. The predicted molar refractivity (Wildman–Crippen MR) is 84.3 cm³/mol. The van der Waals surface area contributed by atoms with Crippen molar-refractivity contribution in [2.75, 3.05) is 13.1 Å². The summed E-state index contributed by atoms with van der Waals surface area (Å²) in [7, 11) is 0. The highest BCUT2D eigenvalue weighted by Gasteiger charge is 2.35. The molecule has 3 atom stereocenters. The normalized spacial score (nSPS) is 40.3. The average molecular weight is 265 g/mol. The van der Waals surface area contributed by atoms with Gasteiger partial charge in [0.1, 0.15) is 0 Å². The predicted octanol–water partition coefficient (Wildman–Crippen LogP) is 4.86. The Kier molecular flexibility index (Phi) is 6.19. The molecule has 0 amide bonds. The molecule has 112 valence electrons. The molecule has 2 aliphatic rings. The molecule has 3 unspecified atom stereocenters. The van der Waals surface area contributed by atoms with Gasteiger partial charge in [0.05, 0.1) is 0 Å². The highest BCUT2D eigenvalue weighted by molar-refractivity contribution is 4.87. The van der Waals surface area contributed by atoms with Crippen LogP contribution in [0, 0.1) is 29.6 Å². The second kappa shape index (κ2) is 7.67. The number of nitrogens with one attached hydrogen (secondary N) is 1. The van der Waals surface area contributed by atoms with E-state index in [1.165, 1.54) is 57.9 Å². The molecule has 0 spiro atoms. The Morgan fingerprint density at radius 3 is 2.32 bits per heavy atom. The van der Waals surface area contributed by atoms with Crippen LogP contribution in [0.1, 0.15) is 72.1 Å². The Morgan fingerprint density at radius 1 is 0.947 bits per heavy atom. The third-order valence-corrected chi connectivity index (χ3v) is 6.06. The molecule has 19 heavy (non-hydrogen) atoms. The molecule has 0 heterocycles. The van der Waals surface area contributed by atoms with Gasteiger partial charge in [-0.1, -0.05) is 46.5 Å². The summed E-state index contributed by atoms with van der Waals surface area (Å²) in [6.07, 6.45) is 11.9. The van der Waals surface area contributed by atoms with Crippen molar-refractivity contribution < 1.29 is 0 Å². The minimum absolute atomic E-state index is 0.973. The lowest BCUT2D eigenvalue weighted by atomic mass is 9.64. The van der Waals surface area contributed by atoms with Crippen molar-refractivity contribution >= 4 is 0 Å². The Balaban J connectivity index is 1.93. The number of rotatable bonds is 5. The Labute approximate surface area is 120 Å². The van der Waals surface area contributed by atoms with Crippen molar-refractivity contribution in [3.05, 3.63) is 0 Å². The fourth-order valence-electron chi connectivity index (χ4n) is 4.60. The molecular weight excluding hydrogens is 230 g/mol. The summed E-state index contributed by atoms with van der Waals surface area (Å²) in [5, 5.41) is 3.63. The highest BCUT2D eigenvalue weighted by Crippen LogP contribution is 2.44. The lowest BCUT2D eigenvalue weighted by Gasteiger charge is -2.43. The van der Waals surface area contributed by atoms with Crippen molar-refractivity contribution in [1.82, 2.24) is 5.32 Å². The zero-order valence-corrected chi connectivity index (χ0v) is 13.5. The maximum Gasteiger partial charge on any atom is -0.00179 e. The average Bonchev–Trinajstić information content (AvgIpc) is 2.46. The van der Waals surface area contributed by atoms with Crippen molar-refractivity contribution in [2.24, 2.45) is 29.6 Å². The Bertz CT molecular complexity index is 237. The summed E-state index contributed by atoms with van der Waals surface area (Å²) < 4.78 is 0. The van der Waals surface area contributed by atoms with E-state index < -0.39 is 0 Å². The van der Waals surface area contributed by atoms with E-state index >= 15 is 0 Å². The lowest BCUT2D eigenvalue weighted by Crippen LogP contribution is -2.38. The molecule has 1 nitrogen and oxygen atoms in total. The van der Waals surface area contributed by atoms with E-state index in [0.29, 0.717) is 0 Å². The highest BCUT2D eigenvalue weighted by atomic mass is 14.8. The van der Waals surface area contributed by atoms with Crippen molar-refractivity contribution in [1.29, 1.82) is 0 Å². The third-order valence-electron chi connectivity index (χ3n) is 6.06. The standard InChI is InChI=1S/C18H35N/c1-4-15-8-11-17(13-19-5-2)18(12-15)16-9-6-14(3)7-10-16/h14-19H,4-13H2,1-3H3. The molecule has 0 aromatic heterocycles. The SMILES string of the molecule is CCNCC1CCC(CC)CC1C1CCC(C)CC1. The quantitative estimate of drug-likeness (QED) is 0.748. The molecule has 0 bridgehead atoms. The summed E-state index contributed by atoms with van der Waals surface area (Å²) in [4.78, 5) is 0. The summed E-state index contributed by atoms with van der Waals surface area (Å²) in [5.41, 5.74) is 0. The van der Waals surface area contributed by atoms with Crippen molar-refractivity contribution in [3.63, 3.8) is 0 Å². The molecule has 0 radical (unpaired) electrons. The molecule has 0 aromatic rings. The van der Waals surface area contributed by atoms with Crippen LogP contribution in [0.2, 0.25) is 0 Å². The minimum Gasteiger partial charge on any atom is -0.317 e. The summed E-state index contributed by atoms with van der Waals surface area (Å²) in [6.45, 7) is 9.51. The van der Waals surface area contributed by atoms with Gasteiger partial charge in [0.25, 0.3) is 0 Å². The number of hydrogen-bond acceptors (Lipinski definition) is 1. The molecule has 0 aromatic carbocycles. The van der Waals surface area contributed by atoms with Gasteiger partial charge in [-0.15, -0.1) is 0 Å². The molecule has 1 heteroatoms. The van der Waals surface area contributed by atoms with E-state index in [4.69, 9.17) is 0 Å². The smallest absolute Gasteiger partial charge is 0.00179 e. The van der Waals surface area contributed by atoms with Gasteiger partial charge in [-0.2, -0.15) is 0 Å². The van der Waals surface area contributed by atoms with Crippen LogP contribution in [0.4, 0.5) is 0 Å². The van der Waals surface area contributed by atoms with Gasteiger partial charge in [0, 0.05) is 0 Å². The third kappa shape index (κ3) is 4.21. The van der Waals surface area contributed by atoms with E-state index in [0.717, 1.165) is 36.1 Å². The van der Waals surface area contributed by atoms with Gasteiger partial charge in [-0.3, -0.25) is 0 Å². The van der Waals surface area contributed by atoms with Crippen LogP contribution in [0.15, 0.2) is 0 Å². The fraction of sp³-hybridized carbons (Fsp3) is 1.00. The zero-order valence-electron chi connectivity index (χ0n) is 13.5. The van der Waals surface area contributed by atoms with E-state index in [-0.39, 0.29) is 0 Å². The molecule has 0 saturated heterocycles. The molecule has 2 rings (SSSR count). The molecule has 2 fully saturated rings. The van der Waals surface area contributed by atoms with Gasteiger partial charge < -0.3 is 5.32 Å². The fourth-order valence-corrected chi connectivity index (χ4v) is 4.60. The topological polar surface area (TPSA) is 12.0 Å². The molecular formula is C18H35N. The Hall–Kier alpha value is -0.0400. The first-order chi connectivity index (χ1) is 9.24. The van der Waals surface area contributed by atoms with Gasteiger partial charge >= 0.3 is 0 Å². The van der Waals surface area contributed by atoms with Crippen LogP contribution in [0.5, 0.6) is 0 Å². The molecule has 1 N–H and O–H groups in total. The number of hydrogen-bond donors (Lipinski definition) is 1. The van der Waals surface area contributed by atoms with Gasteiger partial charge in [0.15, 0.2) is 0 Å². The van der Waals surface area contributed by atoms with Crippen LogP contribution in [0.25, 0.3) is 0 Å². The summed E-state index contributed by atoms with van der Waals surface area (Å²) in [6, 6.07) is 0. The first kappa shape index (κ1) is 15.4. The molecule has 0 aliphatic heterocycles. The van der Waals surface area contributed by atoms with Gasteiger partial charge in [-0.05, 0) is 68.4 Å². The molecule has 2 aliphatic carbocycles.